The van der Waals surface area contributed by atoms with Crippen molar-refractivity contribution < 1.29 is 13.9 Å². The summed E-state index contributed by atoms with van der Waals surface area (Å²) in [6.45, 7) is 11.0. The molecule has 1 aromatic rings. The van der Waals surface area contributed by atoms with Crippen LogP contribution in [0.3, 0.4) is 0 Å². The van der Waals surface area contributed by atoms with E-state index in [1.807, 2.05) is 13.0 Å². The summed E-state index contributed by atoms with van der Waals surface area (Å²) < 4.78 is 19.0. The predicted octanol–water partition coefficient (Wildman–Crippen LogP) is 4.94. The summed E-state index contributed by atoms with van der Waals surface area (Å²) in [6.07, 6.45) is 2.97. The third-order valence-electron chi connectivity index (χ3n) is 2.82. The number of hydrogen-bond acceptors (Lipinski definition) is 3. The molecule has 0 saturated carbocycles. The zero-order valence-corrected chi connectivity index (χ0v) is 13.7. The van der Waals surface area contributed by atoms with Gasteiger partial charge in [-0.05, 0) is 58.7 Å². The van der Waals surface area contributed by atoms with Crippen molar-refractivity contribution >= 4 is 17.5 Å². The molecule has 2 N–H and O–H groups in total. The maximum Gasteiger partial charge on any atom is 0.412 e. The van der Waals surface area contributed by atoms with Crippen molar-refractivity contribution in [3.8, 4) is 0 Å². The van der Waals surface area contributed by atoms with Crippen molar-refractivity contribution in [3.63, 3.8) is 0 Å². The number of amides is 1. The Hall–Kier alpha value is -2.04. The van der Waals surface area contributed by atoms with Crippen LogP contribution in [0.4, 0.5) is 20.6 Å². The maximum atomic E-state index is 13.8. The van der Waals surface area contributed by atoms with E-state index in [4.69, 9.17) is 4.74 Å². The van der Waals surface area contributed by atoms with Gasteiger partial charge in [-0.3, -0.25) is 5.32 Å². The largest absolute Gasteiger partial charge is 0.444 e. The summed E-state index contributed by atoms with van der Waals surface area (Å²) in [4.78, 5) is 11.7. The second-order valence-electron chi connectivity index (χ2n) is 6.23. The van der Waals surface area contributed by atoms with Gasteiger partial charge >= 0.3 is 6.09 Å². The van der Waals surface area contributed by atoms with Crippen LogP contribution in [-0.4, -0.2) is 17.7 Å². The molecular weight excluding hydrogens is 283 g/mol. The number of hydrogen-bond donors (Lipinski definition) is 2. The highest BCUT2D eigenvalue weighted by atomic mass is 19.1. The minimum atomic E-state index is -0.579. The van der Waals surface area contributed by atoms with Crippen LogP contribution < -0.4 is 10.6 Å². The number of carbonyl (C=O) groups excluding carboxylic acids is 1. The second-order valence-corrected chi connectivity index (χ2v) is 6.23. The van der Waals surface area contributed by atoms with Crippen molar-refractivity contribution in [2.24, 2.45) is 0 Å². The van der Waals surface area contributed by atoms with Gasteiger partial charge < -0.3 is 10.1 Å². The van der Waals surface area contributed by atoms with Crippen LogP contribution in [0.1, 0.15) is 40.5 Å². The Morgan fingerprint density at radius 3 is 2.73 bits per heavy atom. The molecule has 1 atom stereocenters. The molecule has 0 aliphatic carbocycles. The van der Waals surface area contributed by atoms with E-state index in [1.165, 1.54) is 12.1 Å². The first-order valence-corrected chi connectivity index (χ1v) is 7.38. The van der Waals surface area contributed by atoms with Gasteiger partial charge in [0.05, 0.1) is 5.69 Å². The molecule has 1 aromatic carbocycles. The Balaban J connectivity index is 2.73. The van der Waals surface area contributed by atoms with E-state index in [9.17, 15) is 9.18 Å². The van der Waals surface area contributed by atoms with Gasteiger partial charge in [0.1, 0.15) is 11.4 Å². The second kappa shape index (κ2) is 7.82. The number of ether oxygens (including phenoxy) is 1. The summed E-state index contributed by atoms with van der Waals surface area (Å²) >= 11 is 0. The summed E-state index contributed by atoms with van der Waals surface area (Å²) in [7, 11) is 0. The Morgan fingerprint density at radius 1 is 1.45 bits per heavy atom. The van der Waals surface area contributed by atoms with Crippen LogP contribution in [0.15, 0.2) is 30.9 Å². The van der Waals surface area contributed by atoms with Crippen molar-refractivity contribution in [2.75, 3.05) is 10.6 Å². The topological polar surface area (TPSA) is 50.4 Å². The molecule has 0 spiro atoms. The van der Waals surface area contributed by atoms with Crippen LogP contribution in [0.2, 0.25) is 0 Å². The molecule has 1 unspecified atom stereocenters. The Kier molecular flexibility index (Phi) is 6.40. The summed E-state index contributed by atoms with van der Waals surface area (Å²) in [5, 5.41) is 5.69. The van der Waals surface area contributed by atoms with E-state index < -0.39 is 11.7 Å². The van der Waals surface area contributed by atoms with E-state index in [-0.39, 0.29) is 11.9 Å². The molecule has 0 bridgehead atoms. The average Bonchev–Trinajstić information content (AvgIpc) is 2.38. The molecule has 4 nitrogen and oxygen atoms in total. The van der Waals surface area contributed by atoms with E-state index in [0.29, 0.717) is 11.4 Å². The molecule has 0 aromatic heterocycles. The van der Waals surface area contributed by atoms with Crippen molar-refractivity contribution in [1.29, 1.82) is 0 Å². The first-order chi connectivity index (χ1) is 10.2. The molecule has 0 aliphatic rings. The number of rotatable bonds is 6. The lowest BCUT2D eigenvalue weighted by molar-refractivity contribution is 0.0636. The smallest absolute Gasteiger partial charge is 0.412 e. The highest BCUT2D eigenvalue weighted by molar-refractivity contribution is 5.85. The fraction of sp³-hybridized carbons (Fsp3) is 0.471. The van der Waals surface area contributed by atoms with Gasteiger partial charge in [-0.15, -0.1) is 6.58 Å². The lowest BCUT2D eigenvalue weighted by atomic mass is 10.1. The van der Waals surface area contributed by atoms with Crippen LogP contribution in [0.5, 0.6) is 0 Å². The number of halogens is 1. The number of anilines is 2. The molecule has 1 rings (SSSR count). The fourth-order valence-corrected chi connectivity index (χ4v) is 1.84. The molecule has 5 heteroatoms. The zero-order chi connectivity index (χ0) is 16.8. The molecule has 0 saturated heterocycles. The highest BCUT2D eigenvalue weighted by Gasteiger charge is 2.16. The molecule has 0 aliphatic heterocycles. The van der Waals surface area contributed by atoms with Crippen LogP contribution in [-0.2, 0) is 4.74 Å². The van der Waals surface area contributed by atoms with Crippen molar-refractivity contribution in [1.82, 2.24) is 0 Å². The molecule has 1 amide bonds. The van der Waals surface area contributed by atoms with Crippen LogP contribution >= 0.6 is 0 Å². The molecule has 122 valence electrons. The number of carbonyl (C=O) groups is 1. The van der Waals surface area contributed by atoms with Crippen molar-refractivity contribution in [2.45, 2.75) is 52.2 Å². The third kappa shape index (κ3) is 6.61. The first kappa shape index (κ1) is 18.0. The summed E-state index contributed by atoms with van der Waals surface area (Å²) in [5.74, 6) is -0.361. The normalized spacial score (nSPS) is 12.4. The Morgan fingerprint density at radius 2 is 2.14 bits per heavy atom. The number of nitrogens with one attached hydrogen (secondary N) is 2. The van der Waals surface area contributed by atoms with Gasteiger partial charge in [-0.2, -0.15) is 0 Å². The Labute approximate surface area is 131 Å². The molecule has 0 heterocycles. The summed E-state index contributed by atoms with van der Waals surface area (Å²) in [5.41, 5.74) is 0.254. The van der Waals surface area contributed by atoms with E-state index in [2.05, 4.69) is 17.2 Å². The average molecular weight is 308 g/mol. The number of allylic oxidation sites excluding steroid dienone is 1. The van der Waals surface area contributed by atoms with Gasteiger partial charge in [0.2, 0.25) is 0 Å². The van der Waals surface area contributed by atoms with E-state index >= 15 is 0 Å². The van der Waals surface area contributed by atoms with Gasteiger partial charge in [-0.1, -0.05) is 6.08 Å². The maximum absolute atomic E-state index is 13.8. The molecule has 0 radical (unpaired) electrons. The summed E-state index contributed by atoms with van der Waals surface area (Å²) in [6, 6.07) is 4.47. The fourth-order valence-electron chi connectivity index (χ4n) is 1.84. The lowest BCUT2D eigenvalue weighted by Gasteiger charge is -2.20. The van der Waals surface area contributed by atoms with E-state index in [1.54, 1.807) is 26.8 Å². The monoisotopic (exact) mass is 308 g/mol. The van der Waals surface area contributed by atoms with Crippen LogP contribution in [0, 0.1) is 5.82 Å². The first-order valence-electron chi connectivity index (χ1n) is 7.38. The molecular formula is C17H25FN2O2. The zero-order valence-electron chi connectivity index (χ0n) is 13.7. The lowest BCUT2D eigenvalue weighted by Crippen LogP contribution is -2.27. The van der Waals surface area contributed by atoms with Crippen molar-refractivity contribution in [3.05, 3.63) is 36.7 Å². The molecule has 22 heavy (non-hydrogen) atoms. The SMILES string of the molecule is C=CCCC(C)Nc1cc(NC(=O)OC(C)(C)C)ccc1F. The standard InChI is InChI=1S/C17H25FN2O2/c1-6-7-8-12(2)19-15-11-13(9-10-14(15)18)20-16(21)22-17(3,4)5/h6,9-12,19H,1,7-8H2,2-5H3,(H,20,21). The van der Waals surface area contributed by atoms with Gasteiger partial charge in [0.15, 0.2) is 0 Å². The minimum Gasteiger partial charge on any atom is -0.444 e. The minimum absolute atomic E-state index is 0.101. The highest BCUT2D eigenvalue weighted by Crippen LogP contribution is 2.22. The van der Waals surface area contributed by atoms with Crippen LogP contribution in [0.25, 0.3) is 0 Å². The van der Waals surface area contributed by atoms with Gasteiger partial charge in [-0.25, -0.2) is 9.18 Å². The Bertz CT molecular complexity index is 524. The number of benzene rings is 1. The van der Waals surface area contributed by atoms with Gasteiger partial charge in [0.25, 0.3) is 0 Å². The predicted molar refractivity (Wildman–Crippen MR) is 88.8 cm³/mol. The quantitative estimate of drug-likeness (QED) is 0.732. The van der Waals surface area contributed by atoms with E-state index in [0.717, 1.165) is 12.8 Å². The van der Waals surface area contributed by atoms with Gasteiger partial charge in [0, 0.05) is 11.7 Å². The molecule has 0 fully saturated rings. The third-order valence-corrected chi connectivity index (χ3v) is 2.82.